The van der Waals surface area contributed by atoms with Gasteiger partial charge >= 0.3 is 5.97 Å². The molecule has 0 saturated carbocycles. The van der Waals surface area contributed by atoms with Crippen LogP contribution in [-0.4, -0.2) is 39.1 Å². The van der Waals surface area contributed by atoms with Crippen molar-refractivity contribution in [1.29, 1.82) is 0 Å². The number of rotatable bonds is 6. The zero-order valence-electron chi connectivity index (χ0n) is 10.00. The number of aromatic nitrogens is 2. The Morgan fingerprint density at radius 3 is 2.72 bits per heavy atom. The number of nitrogens with zero attached hydrogens (tertiary/aromatic N) is 2. The van der Waals surface area contributed by atoms with E-state index < -0.39 is 12.0 Å². The van der Waals surface area contributed by atoms with Crippen molar-refractivity contribution >= 4 is 24.3 Å². The molecule has 1 rings (SSSR count). The number of nitrogens with one attached hydrogen (secondary N) is 1. The molecule has 0 aliphatic heterocycles. The second-order valence-electron chi connectivity index (χ2n) is 3.70. The zero-order valence-corrected chi connectivity index (χ0v) is 10.8. The third kappa shape index (κ3) is 4.72. The first-order valence-electron chi connectivity index (χ1n) is 5.22. The number of carboxylic acid groups (broad SMARTS) is 1. The molecule has 0 spiro atoms. The highest BCUT2D eigenvalue weighted by Gasteiger charge is 2.21. The molecule has 0 bridgehead atoms. The number of hydrogen-bond acceptors (Lipinski definition) is 4. The Kier molecular flexibility index (Phi) is 6.99. The molecule has 1 aromatic rings. The first-order valence-corrected chi connectivity index (χ1v) is 5.22. The summed E-state index contributed by atoms with van der Waals surface area (Å²) in [4.78, 5) is 26.2. The minimum absolute atomic E-state index is 0. The van der Waals surface area contributed by atoms with Gasteiger partial charge in [-0.3, -0.25) is 4.79 Å². The molecule has 0 fully saturated rings. The van der Waals surface area contributed by atoms with Crippen molar-refractivity contribution in [3.05, 3.63) is 18.2 Å². The number of amides is 1. The fourth-order valence-electron chi connectivity index (χ4n) is 1.39. The van der Waals surface area contributed by atoms with Crippen molar-refractivity contribution in [3.8, 4) is 0 Å². The number of imidazole rings is 1. The fraction of sp³-hybridized carbons (Fsp3) is 0.500. The average Bonchev–Trinajstić information content (AvgIpc) is 2.63. The lowest BCUT2D eigenvalue weighted by molar-refractivity contribution is -0.141. The molecule has 8 heteroatoms. The summed E-state index contributed by atoms with van der Waals surface area (Å²) in [5, 5.41) is 11.4. The van der Waals surface area contributed by atoms with Gasteiger partial charge in [-0.25, -0.2) is 9.78 Å². The van der Waals surface area contributed by atoms with Crippen LogP contribution in [0, 0.1) is 0 Å². The van der Waals surface area contributed by atoms with Gasteiger partial charge in [0.2, 0.25) is 5.91 Å². The Bertz CT molecular complexity index is 408. The number of carbonyl (C=O) groups excluding carboxylic acids is 1. The van der Waals surface area contributed by atoms with Gasteiger partial charge in [-0.15, -0.1) is 12.4 Å². The number of aliphatic carboxylic acids is 1. The Hall–Kier alpha value is -1.60. The summed E-state index contributed by atoms with van der Waals surface area (Å²) in [6, 6.07) is -0.954. The van der Waals surface area contributed by atoms with Crippen LogP contribution in [0.1, 0.15) is 12.1 Å². The highest BCUT2D eigenvalue weighted by Crippen LogP contribution is 2.02. The van der Waals surface area contributed by atoms with Crippen molar-refractivity contribution < 1.29 is 14.7 Å². The molecular formula is C10H17ClN4O3. The van der Waals surface area contributed by atoms with E-state index in [9.17, 15) is 9.59 Å². The van der Waals surface area contributed by atoms with Crippen molar-refractivity contribution in [2.45, 2.75) is 18.9 Å². The number of halogens is 1. The summed E-state index contributed by atoms with van der Waals surface area (Å²) in [5.41, 5.74) is 5.96. The van der Waals surface area contributed by atoms with Gasteiger partial charge in [0.05, 0.1) is 6.33 Å². The maximum atomic E-state index is 11.3. The largest absolute Gasteiger partial charge is 0.480 e. The molecule has 1 heterocycles. The summed E-state index contributed by atoms with van der Waals surface area (Å²) in [7, 11) is 1.77. The van der Waals surface area contributed by atoms with E-state index >= 15 is 0 Å². The predicted octanol–water partition coefficient (Wildman–Crippen LogP) is -0.697. The number of carbonyl (C=O) groups is 2. The lowest BCUT2D eigenvalue weighted by atomic mass is 10.1. The molecule has 0 unspecified atom stereocenters. The summed E-state index contributed by atoms with van der Waals surface area (Å²) in [5.74, 6) is -1.43. The molecule has 0 aromatic carbocycles. The van der Waals surface area contributed by atoms with E-state index in [0.717, 1.165) is 5.69 Å². The van der Waals surface area contributed by atoms with Gasteiger partial charge < -0.3 is 20.7 Å². The molecule has 102 valence electrons. The monoisotopic (exact) mass is 276 g/mol. The Balaban J connectivity index is 0.00000289. The molecule has 7 nitrogen and oxygen atoms in total. The summed E-state index contributed by atoms with van der Waals surface area (Å²) >= 11 is 0. The zero-order chi connectivity index (χ0) is 12.8. The molecule has 1 atom stereocenters. The number of aryl methyl sites for hydroxylation is 1. The van der Waals surface area contributed by atoms with E-state index in [1.54, 1.807) is 24.1 Å². The van der Waals surface area contributed by atoms with E-state index in [4.69, 9.17) is 10.8 Å². The van der Waals surface area contributed by atoms with Gasteiger partial charge in [0, 0.05) is 38.3 Å². The standard InChI is InChI=1S/C10H16N4O3.ClH/c1-14-6-12-5-7(14)4-8(10(16)17)13-9(15)2-3-11;/h5-6,8H,2-4,11H2,1H3,(H,13,15)(H,16,17);1H/t8-;/m0./s1. The Labute approximate surface area is 111 Å². The van der Waals surface area contributed by atoms with Crippen molar-refractivity contribution in [2.24, 2.45) is 12.8 Å². The van der Waals surface area contributed by atoms with Crippen LogP contribution in [0.3, 0.4) is 0 Å². The van der Waals surface area contributed by atoms with Gasteiger partial charge in [-0.2, -0.15) is 0 Å². The summed E-state index contributed by atoms with van der Waals surface area (Å²) < 4.78 is 1.71. The third-order valence-corrected chi connectivity index (χ3v) is 2.33. The number of carboxylic acids is 1. The maximum Gasteiger partial charge on any atom is 0.326 e. The fourth-order valence-corrected chi connectivity index (χ4v) is 1.39. The quantitative estimate of drug-likeness (QED) is 0.636. The molecule has 0 saturated heterocycles. The molecular weight excluding hydrogens is 260 g/mol. The third-order valence-electron chi connectivity index (χ3n) is 2.33. The number of hydrogen-bond donors (Lipinski definition) is 3. The first kappa shape index (κ1) is 16.4. The predicted molar refractivity (Wildman–Crippen MR) is 67.4 cm³/mol. The lowest BCUT2D eigenvalue weighted by Gasteiger charge is -2.14. The highest BCUT2D eigenvalue weighted by atomic mass is 35.5. The van der Waals surface area contributed by atoms with Gasteiger partial charge in [-0.05, 0) is 0 Å². The van der Waals surface area contributed by atoms with Crippen molar-refractivity contribution in [2.75, 3.05) is 6.54 Å². The van der Waals surface area contributed by atoms with Crippen LogP contribution in [0.25, 0.3) is 0 Å². The minimum Gasteiger partial charge on any atom is -0.480 e. The lowest BCUT2D eigenvalue weighted by Crippen LogP contribution is -2.43. The summed E-state index contributed by atoms with van der Waals surface area (Å²) in [6.07, 6.45) is 3.47. The molecule has 4 N–H and O–H groups in total. The van der Waals surface area contributed by atoms with Crippen LogP contribution >= 0.6 is 12.4 Å². The molecule has 1 aromatic heterocycles. The van der Waals surface area contributed by atoms with E-state index in [1.165, 1.54) is 0 Å². The second-order valence-corrected chi connectivity index (χ2v) is 3.70. The molecule has 0 radical (unpaired) electrons. The van der Waals surface area contributed by atoms with E-state index in [0.29, 0.717) is 0 Å². The van der Waals surface area contributed by atoms with E-state index in [2.05, 4.69) is 10.3 Å². The van der Waals surface area contributed by atoms with Gasteiger partial charge in [0.15, 0.2) is 0 Å². The molecule has 0 aliphatic carbocycles. The van der Waals surface area contributed by atoms with Crippen LogP contribution in [0.15, 0.2) is 12.5 Å². The van der Waals surface area contributed by atoms with Gasteiger partial charge in [-0.1, -0.05) is 0 Å². The van der Waals surface area contributed by atoms with Crippen LogP contribution in [-0.2, 0) is 23.1 Å². The molecule has 1 amide bonds. The van der Waals surface area contributed by atoms with Crippen LogP contribution in [0.5, 0.6) is 0 Å². The van der Waals surface area contributed by atoms with Crippen molar-refractivity contribution in [3.63, 3.8) is 0 Å². The SMILES string of the molecule is Cl.Cn1cncc1C[C@H](NC(=O)CCN)C(=O)O. The normalized spacial score (nSPS) is 11.4. The van der Waals surface area contributed by atoms with Crippen molar-refractivity contribution in [1.82, 2.24) is 14.9 Å². The van der Waals surface area contributed by atoms with E-state index in [-0.39, 0.29) is 37.7 Å². The Morgan fingerprint density at radius 1 is 1.61 bits per heavy atom. The smallest absolute Gasteiger partial charge is 0.326 e. The topological polar surface area (TPSA) is 110 Å². The van der Waals surface area contributed by atoms with Gasteiger partial charge in [0.25, 0.3) is 0 Å². The first-order chi connectivity index (χ1) is 8.04. The average molecular weight is 277 g/mol. The second kappa shape index (κ2) is 7.67. The van der Waals surface area contributed by atoms with Crippen LogP contribution < -0.4 is 11.1 Å². The molecule has 18 heavy (non-hydrogen) atoms. The van der Waals surface area contributed by atoms with Crippen LogP contribution in [0.4, 0.5) is 0 Å². The van der Waals surface area contributed by atoms with Crippen LogP contribution in [0.2, 0.25) is 0 Å². The Morgan fingerprint density at radius 2 is 2.28 bits per heavy atom. The summed E-state index contributed by atoms with van der Waals surface area (Å²) in [6.45, 7) is 0.198. The molecule has 0 aliphatic rings. The number of nitrogens with two attached hydrogens (primary N) is 1. The van der Waals surface area contributed by atoms with E-state index in [1.807, 2.05) is 0 Å². The minimum atomic E-state index is -1.07. The highest BCUT2D eigenvalue weighted by molar-refractivity contribution is 5.85. The maximum absolute atomic E-state index is 11.3. The van der Waals surface area contributed by atoms with Gasteiger partial charge in [0.1, 0.15) is 6.04 Å².